The highest BCUT2D eigenvalue weighted by Gasteiger charge is 2.13. The van der Waals surface area contributed by atoms with E-state index in [-0.39, 0.29) is 0 Å². The Morgan fingerprint density at radius 1 is 1.17 bits per heavy atom. The van der Waals surface area contributed by atoms with Crippen molar-refractivity contribution in [2.24, 2.45) is 0 Å². The molecule has 1 aromatic rings. The van der Waals surface area contributed by atoms with Gasteiger partial charge in [0.15, 0.2) is 0 Å². The molecule has 1 N–H and O–H groups in total. The molecule has 2 aliphatic heterocycles. The molecule has 0 bridgehead atoms. The summed E-state index contributed by atoms with van der Waals surface area (Å²) in [6, 6.07) is 6.88. The molecule has 2 heteroatoms. The van der Waals surface area contributed by atoms with Crippen LogP contribution < -0.4 is 5.32 Å². The summed E-state index contributed by atoms with van der Waals surface area (Å²) in [4.78, 5) is 2.62. The van der Waals surface area contributed by atoms with E-state index < -0.39 is 0 Å². The Balaban J connectivity index is 1.58. The molecule has 0 atom stereocenters. The molecule has 0 radical (unpaired) electrons. The first-order valence-corrected chi connectivity index (χ1v) is 7.46. The average molecular weight is 244 g/mol. The molecule has 0 amide bonds. The number of hydrogen-bond donors (Lipinski definition) is 1. The molecule has 3 rings (SSSR count). The van der Waals surface area contributed by atoms with E-state index in [0.29, 0.717) is 0 Å². The SMILES string of the molecule is c1cc(CCCN2CCCC2)c2c(c1)CCNC2. The Morgan fingerprint density at radius 3 is 2.94 bits per heavy atom. The highest BCUT2D eigenvalue weighted by Crippen LogP contribution is 2.20. The third kappa shape index (κ3) is 2.76. The topological polar surface area (TPSA) is 15.3 Å². The summed E-state index contributed by atoms with van der Waals surface area (Å²) >= 11 is 0. The van der Waals surface area contributed by atoms with Crippen LogP contribution in [0.15, 0.2) is 18.2 Å². The summed E-state index contributed by atoms with van der Waals surface area (Å²) in [5.41, 5.74) is 4.75. The Bertz CT molecular complexity index is 394. The fourth-order valence-corrected chi connectivity index (χ4v) is 3.32. The lowest BCUT2D eigenvalue weighted by molar-refractivity contribution is 0.334. The predicted molar refractivity (Wildman–Crippen MR) is 75.8 cm³/mol. The van der Waals surface area contributed by atoms with Crippen molar-refractivity contribution in [1.82, 2.24) is 10.2 Å². The van der Waals surface area contributed by atoms with Gasteiger partial charge in [0.05, 0.1) is 0 Å². The van der Waals surface area contributed by atoms with Gasteiger partial charge in [-0.1, -0.05) is 18.2 Å². The zero-order valence-electron chi connectivity index (χ0n) is 11.3. The zero-order chi connectivity index (χ0) is 12.2. The molecule has 2 heterocycles. The quantitative estimate of drug-likeness (QED) is 0.874. The van der Waals surface area contributed by atoms with E-state index in [2.05, 4.69) is 28.4 Å². The largest absolute Gasteiger partial charge is 0.312 e. The first-order valence-electron chi connectivity index (χ1n) is 7.46. The second-order valence-electron chi connectivity index (χ2n) is 5.63. The number of aryl methyl sites for hydroxylation is 1. The van der Waals surface area contributed by atoms with Crippen molar-refractivity contribution >= 4 is 0 Å². The maximum atomic E-state index is 3.50. The minimum absolute atomic E-state index is 1.08. The molecule has 1 fully saturated rings. The number of fused-ring (bicyclic) bond motifs is 1. The molecule has 18 heavy (non-hydrogen) atoms. The molecule has 1 saturated heterocycles. The van der Waals surface area contributed by atoms with Gasteiger partial charge >= 0.3 is 0 Å². The fraction of sp³-hybridized carbons (Fsp3) is 0.625. The first-order chi connectivity index (χ1) is 8.93. The normalized spacial score (nSPS) is 20.0. The van der Waals surface area contributed by atoms with Crippen LogP contribution in [0.25, 0.3) is 0 Å². The second-order valence-corrected chi connectivity index (χ2v) is 5.63. The highest BCUT2D eigenvalue weighted by molar-refractivity contribution is 5.37. The number of nitrogens with one attached hydrogen (secondary N) is 1. The van der Waals surface area contributed by atoms with Gasteiger partial charge in [0.2, 0.25) is 0 Å². The maximum Gasteiger partial charge on any atom is 0.0211 e. The van der Waals surface area contributed by atoms with E-state index in [9.17, 15) is 0 Å². The van der Waals surface area contributed by atoms with E-state index in [1.165, 1.54) is 51.7 Å². The van der Waals surface area contributed by atoms with Crippen LogP contribution in [0.2, 0.25) is 0 Å². The summed E-state index contributed by atoms with van der Waals surface area (Å²) in [5.74, 6) is 0. The molecule has 2 aliphatic rings. The van der Waals surface area contributed by atoms with Crippen LogP contribution >= 0.6 is 0 Å². The lowest BCUT2D eigenvalue weighted by atomic mass is 9.93. The fourth-order valence-electron chi connectivity index (χ4n) is 3.32. The third-order valence-corrected chi connectivity index (χ3v) is 4.36. The van der Waals surface area contributed by atoms with Crippen LogP contribution in [0, 0.1) is 0 Å². The summed E-state index contributed by atoms with van der Waals surface area (Å²) in [6.07, 6.45) is 6.59. The van der Waals surface area contributed by atoms with Crippen LogP contribution in [-0.2, 0) is 19.4 Å². The molecule has 0 saturated carbocycles. The van der Waals surface area contributed by atoms with Crippen molar-refractivity contribution in [2.45, 2.75) is 38.6 Å². The minimum atomic E-state index is 1.08. The van der Waals surface area contributed by atoms with Gasteiger partial charge < -0.3 is 10.2 Å². The van der Waals surface area contributed by atoms with Gasteiger partial charge in [0, 0.05) is 6.54 Å². The van der Waals surface area contributed by atoms with Crippen LogP contribution in [-0.4, -0.2) is 31.1 Å². The molecule has 0 aromatic heterocycles. The predicted octanol–water partition coefficient (Wildman–Crippen LogP) is 2.36. The van der Waals surface area contributed by atoms with Crippen molar-refractivity contribution in [3.05, 3.63) is 34.9 Å². The van der Waals surface area contributed by atoms with Crippen molar-refractivity contribution in [3.8, 4) is 0 Å². The van der Waals surface area contributed by atoms with Crippen LogP contribution in [0.3, 0.4) is 0 Å². The smallest absolute Gasteiger partial charge is 0.0211 e. The summed E-state index contributed by atoms with van der Waals surface area (Å²) in [7, 11) is 0. The van der Waals surface area contributed by atoms with E-state index in [1.54, 1.807) is 16.7 Å². The molecule has 0 aliphatic carbocycles. The van der Waals surface area contributed by atoms with Gasteiger partial charge in [-0.3, -0.25) is 0 Å². The Labute approximate surface area is 110 Å². The maximum absolute atomic E-state index is 3.50. The Morgan fingerprint density at radius 2 is 2.06 bits per heavy atom. The molecular formula is C16H24N2. The van der Waals surface area contributed by atoms with Crippen LogP contribution in [0.5, 0.6) is 0 Å². The van der Waals surface area contributed by atoms with E-state index >= 15 is 0 Å². The van der Waals surface area contributed by atoms with E-state index in [0.717, 1.165) is 13.1 Å². The second kappa shape index (κ2) is 5.85. The average Bonchev–Trinajstić information content (AvgIpc) is 2.92. The highest BCUT2D eigenvalue weighted by atomic mass is 15.1. The van der Waals surface area contributed by atoms with Gasteiger partial charge in [-0.15, -0.1) is 0 Å². The van der Waals surface area contributed by atoms with E-state index in [4.69, 9.17) is 0 Å². The Hall–Kier alpha value is -0.860. The van der Waals surface area contributed by atoms with Gasteiger partial charge in [-0.2, -0.15) is 0 Å². The zero-order valence-corrected chi connectivity index (χ0v) is 11.3. The summed E-state index contributed by atoms with van der Waals surface area (Å²) < 4.78 is 0. The van der Waals surface area contributed by atoms with Gasteiger partial charge in [-0.25, -0.2) is 0 Å². The van der Waals surface area contributed by atoms with Gasteiger partial charge in [0.1, 0.15) is 0 Å². The molecular weight excluding hydrogens is 220 g/mol. The number of rotatable bonds is 4. The van der Waals surface area contributed by atoms with Crippen molar-refractivity contribution < 1.29 is 0 Å². The van der Waals surface area contributed by atoms with Crippen LogP contribution in [0.1, 0.15) is 36.0 Å². The van der Waals surface area contributed by atoms with Gasteiger partial charge in [0.25, 0.3) is 0 Å². The molecule has 98 valence electrons. The monoisotopic (exact) mass is 244 g/mol. The van der Waals surface area contributed by atoms with Gasteiger partial charge in [-0.05, 0) is 75.0 Å². The third-order valence-electron chi connectivity index (χ3n) is 4.36. The van der Waals surface area contributed by atoms with E-state index in [1.807, 2.05) is 0 Å². The van der Waals surface area contributed by atoms with Crippen LogP contribution in [0.4, 0.5) is 0 Å². The first kappa shape index (κ1) is 12.2. The van der Waals surface area contributed by atoms with Crippen molar-refractivity contribution in [2.75, 3.05) is 26.2 Å². The number of benzene rings is 1. The summed E-state index contributed by atoms with van der Waals surface area (Å²) in [5, 5.41) is 3.50. The molecule has 1 aromatic carbocycles. The summed E-state index contributed by atoms with van der Waals surface area (Å²) in [6.45, 7) is 6.17. The number of nitrogens with zero attached hydrogens (tertiary/aromatic N) is 1. The number of likely N-dealkylation sites (tertiary alicyclic amines) is 1. The minimum Gasteiger partial charge on any atom is -0.312 e. The standard InChI is InChI=1S/C16H24N2/c1-2-11-18(10-1)12-4-7-14-5-3-6-15-8-9-17-13-16(14)15/h3,5-6,17H,1-2,4,7-13H2. The number of hydrogen-bond acceptors (Lipinski definition) is 2. The lowest BCUT2D eigenvalue weighted by Crippen LogP contribution is -2.25. The van der Waals surface area contributed by atoms with Crippen molar-refractivity contribution in [1.29, 1.82) is 0 Å². The van der Waals surface area contributed by atoms with Crippen molar-refractivity contribution in [3.63, 3.8) is 0 Å². The molecule has 0 unspecified atom stereocenters. The molecule has 2 nitrogen and oxygen atoms in total. The Kier molecular flexibility index (Phi) is 3.96. The lowest BCUT2D eigenvalue weighted by Gasteiger charge is -2.21. The molecule has 0 spiro atoms.